The van der Waals surface area contributed by atoms with E-state index in [9.17, 15) is 13.2 Å². The third-order valence-corrected chi connectivity index (χ3v) is 3.21. The number of alkyl halides is 3. The maximum absolute atomic E-state index is 12.4. The van der Waals surface area contributed by atoms with E-state index in [4.69, 9.17) is 5.11 Å². The zero-order chi connectivity index (χ0) is 12.5. The summed E-state index contributed by atoms with van der Waals surface area (Å²) in [6.07, 6.45) is -3.45. The standard InChI is InChI=1S/C12H14F3NO/c13-12(14,15)9-3-1-8(2-4-9)10-5-6-16-11(10)7-17/h1-4,10-11,16-17H,5-7H2. The molecule has 5 heteroatoms. The Bertz CT molecular complexity index is 374. The smallest absolute Gasteiger partial charge is 0.395 e. The van der Waals surface area contributed by atoms with Gasteiger partial charge in [-0.2, -0.15) is 13.2 Å². The highest BCUT2D eigenvalue weighted by atomic mass is 19.4. The van der Waals surface area contributed by atoms with Crippen molar-refractivity contribution in [2.45, 2.75) is 24.6 Å². The van der Waals surface area contributed by atoms with Crippen LogP contribution in [0.3, 0.4) is 0 Å². The van der Waals surface area contributed by atoms with E-state index in [1.54, 1.807) is 0 Å². The van der Waals surface area contributed by atoms with Gasteiger partial charge < -0.3 is 10.4 Å². The number of benzene rings is 1. The summed E-state index contributed by atoms with van der Waals surface area (Å²) in [5.41, 5.74) is 0.217. The molecule has 1 aliphatic heterocycles. The first-order valence-electron chi connectivity index (χ1n) is 5.54. The van der Waals surface area contributed by atoms with Crippen LogP contribution in [0.1, 0.15) is 23.5 Å². The van der Waals surface area contributed by atoms with Gasteiger partial charge in [0.25, 0.3) is 0 Å². The molecular weight excluding hydrogens is 231 g/mol. The summed E-state index contributed by atoms with van der Waals surface area (Å²) in [5.74, 6) is 0.0993. The predicted octanol–water partition coefficient (Wildman–Crippen LogP) is 2.14. The van der Waals surface area contributed by atoms with E-state index in [1.807, 2.05) is 0 Å². The summed E-state index contributed by atoms with van der Waals surface area (Å²) in [4.78, 5) is 0. The van der Waals surface area contributed by atoms with Gasteiger partial charge in [0.05, 0.1) is 12.2 Å². The van der Waals surface area contributed by atoms with Crippen molar-refractivity contribution < 1.29 is 18.3 Å². The second-order valence-corrected chi connectivity index (χ2v) is 4.26. The lowest BCUT2D eigenvalue weighted by molar-refractivity contribution is -0.137. The lowest BCUT2D eigenvalue weighted by atomic mass is 9.91. The van der Waals surface area contributed by atoms with Crippen molar-refractivity contribution >= 4 is 0 Å². The van der Waals surface area contributed by atoms with Crippen molar-refractivity contribution in [1.29, 1.82) is 0 Å². The van der Waals surface area contributed by atoms with Crippen molar-refractivity contribution in [2.24, 2.45) is 0 Å². The van der Waals surface area contributed by atoms with Crippen LogP contribution in [-0.2, 0) is 6.18 Å². The maximum atomic E-state index is 12.4. The molecular formula is C12H14F3NO. The average molecular weight is 245 g/mol. The van der Waals surface area contributed by atoms with Crippen LogP contribution in [0.25, 0.3) is 0 Å². The van der Waals surface area contributed by atoms with Crippen LogP contribution in [-0.4, -0.2) is 24.3 Å². The van der Waals surface area contributed by atoms with Crippen molar-refractivity contribution in [3.8, 4) is 0 Å². The van der Waals surface area contributed by atoms with Gasteiger partial charge in [0.15, 0.2) is 0 Å². The molecule has 0 aliphatic carbocycles. The Morgan fingerprint density at radius 3 is 2.41 bits per heavy atom. The minimum Gasteiger partial charge on any atom is -0.395 e. The number of aliphatic hydroxyl groups excluding tert-OH is 1. The van der Waals surface area contributed by atoms with Crippen LogP contribution < -0.4 is 5.32 Å². The van der Waals surface area contributed by atoms with Crippen molar-refractivity contribution in [1.82, 2.24) is 5.32 Å². The summed E-state index contributed by atoms with van der Waals surface area (Å²) in [6, 6.07) is 5.16. The second kappa shape index (κ2) is 4.66. The van der Waals surface area contributed by atoms with Gasteiger partial charge in [-0.1, -0.05) is 12.1 Å². The van der Waals surface area contributed by atoms with E-state index < -0.39 is 11.7 Å². The largest absolute Gasteiger partial charge is 0.416 e. The number of nitrogens with one attached hydrogen (secondary N) is 1. The van der Waals surface area contributed by atoms with Gasteiger partial charge in [-0.15, -0.1) is 0 Å². The molecule has 94 valence electrons. The quantitative estimate of drug-likeness (QED) is 0.836. The Morgan fingerprint density at radius 1 is 1.24 bits per heavy atom. The summed E-state index contributed by atoms with van der Waals surface area (Å²) in [5, 5.41) is 12.3. The highest BCUT2D eigenvalue weighted by molar-refractivity contribution is 5.29. The minimum absolute atomic E-state index is 0.00564. The van der Waals surface area contributed by atoms with Crippen LogP contribution in [0.4, 0.5) is 13.2 Å². The molecule has 1 fully saturated rings. The number of halogens is 3. The number of rotatable bonds is 2. The van der Waals surface area contributed by atoms with Gasteiger partial charge in [-0.3, -0.25) is 0 Å². The molecule has 17 heavy (non-hydrogen) atoms. The predicted molar refractivity (Wildman–Crippen MR) is 57.7 cm³/mol. The Labute approximate surface area is 97.5 Å². The molecule has 2 rings (SSSR count). The number of hydrogen-bond acceptors (Lipinski definition) is 2. The highest BCUT2D eigenvalue weighted by Gasteiger charge is 2.31. The maximum Gasteiger partial charge on any atom is 0.416 e. The third-order valence-electron chi connectivity index (χ3n) is 3.21. The molecule has 0 radical (unpaired) electrons. The minimum atomic E-state index is -4.29. The van der Waals surface area contributed by atoms with Crippen LogP contribution in [0.5, 0.6) is 0 Å². The molecule has 2 N–H and O–H groups in total. The van der Waals surface area contributed by atoms with Gasteiger partial charge in [0, 0.05) is 12.0 Å². The normalized spacial score (nSPS) is 25.2. The Balaban J connectivity index is 2.18. The number of hydrogen-bond donors (Lipinski definition) is 2. The van der Waals surface area contributed by atoms with Crippen molar-refractivity contribution in [3.63, 3.8) is 0 Å². The Morgan fingerprint density at radius 2 is 1.88 bits per heavy atom. The monoisotopic (exact) mass is 245 g/mol. The Hall–Kier alpha value is -1.07. The van der Waals surface area contributed by atoms with E-state index in [0.29, 0.717) is 0 Å². The van der Waals surface area contributed by atoms with E-state index in [-0.39, 0.29) is 18.6 Å². The molecule has 1 saturated heterocycles. The van der Waals surface area contributed by atoms with Crippen molar-refractivity contribution in [2.75, 3.05) is 13.2 Å². The molecule has 2 atom stereocenters. The van der Waals surface area contributed by atoms with Gasteiger partial charge in [0.2, 0.25) is 0 Å². The molecule has 2 unspecified atom stereocenters. The molecule has 0 amide bonds. The summed E-state index contributed by atoms with van der Waals surface area (Å²) >= 11 is 0. The van der Waals surface area contributed by atoms with Gasteiger partial charge >= 0.3 is 6.18 Å². The fraction of sp³-hybridized carbons (Fsp3) is 0.500. The topological polar surface area (TPSA) is 32.3 Å². The van der Waals surface area contributed by atoms with Crippen molar-refractivity contribution in [3.05, 3.63) is 35.4 Å². The zero-order valence-electron chi connectivity index (χ0n) is 9.17. The van der Waals surface area contributed by atoms with E-state index in [1.165, 1.54) is 12.1 Å². The van der Waals surface area contributed by atoms with E-state index in [2.05, 4.69) is 5.32 Å². The molecule has 0 saturated carbocycles. The SMILES string of the molecule is OCC1NCCC1c1ccc(C(F)(F)F)cc1. The lowest BCUT2D eigenvalue weighted by Gasteiger charge is -2.18. The van der Waals surface area contributed by atoms with Crippen LogP contribution >= 0.6 is 0 Å². The van der Waals surface area contributed by atoms with E-state index >= 15 is 0 Å². The lowest BCUT2D eigenvalue weighted by Crippen LogP contribution is -2.29. The second-order valence-electron chi connectivity index (χ2n) is 4.26. The average Bonchev–Trinajstić information content (AvgIpc) is 2.76. The van der Waals surface area contributed by atoms with Crippen LogP contribution in [0.15, 0.2) is 24.3 Å². The Kier molecular flexibility index (Phi) is 3.40. The molecule has 1 heterocycles. The first-order chi connectivity index (χ1) is 8.02. The van der Waals surface area contributed by atoms with Crippen LogP contribution in [0.2, 0.25) is 0 Å². The molecule has 0 spiro atoms. The first kappa shape index (κ1) is 12.4. The zero-order valence-corrected chi connectivity index (χ0v) is 9.17. The summed E-state index contributed by atoms with van der Waals surface area (Å²) in [6.45, 7) is 0.794. The van der Waals surface area contributed by atoms with Gasteiger partial charge in [-0.05, 0) is 30.7 Å². The fourth-order valence-corrected chi connectivity index (χ4v) is 2.28. The fourth-order valence-electron chi connectivity index (χ4n) is 2.28. The third kappa shape index (κ3) is 2.61. The molecule has 2 nitrogen and oxygen atoms in total. The molecule has 1 aliphatic rings. The van der Waals surface area contributed by atoms with Gasteiger partial charge in [-0.25, -0.2) is 0 Å². The number of aliphatic hydroxyl groups is 1. The van der Waals surface area contributed by atoms with E-state index in [0.717, 1.165) is 30.7 Å². The summed E-state index contributed by atoms with van der Waals surface area (Å²) < 4.78 is 37.2. The molecule has 0 bridgehead atoms. The molecule has 1 aromatic rings. The summed E-state index contributed by atoms with van der Waals surface area (Å²) in [7, 11) is 0. The highest BCUT2D eigenvalue weighted by Crippen LogP contribution is 2.32. The van der Waals surface area contributed by atoms with Crippen LogP contribution in [0, 0.1) is 0 Å². The van der Waals surface area contributed by atoms with Gasteiger partial charge in [0.1, 0.15) is 0 Å². The molecule has 0 aromatic heterocycles. The first-order valence-corrected chi connectivity index (χ1v) is 5.54. The molecule has 1 aromatic carbocycles.